The van der Waals surface area contributed by atoms with Crippen LogP contribution in [0.5, 0.6) is 0 Å². The molecule has 0 atom stereocenters. The third-order valence-electron chi connectivity index (χ3n) is 2.74. The van der Waals surface area contributed by atoms with Crippen LogP contribution in [0.4, 0.5) is 4.39 Å². The minimum absolute atomic E-state index is 0.143. The number of likely N-dealkylation sites (tertiary alicyclic amines) is 1. The van der Waals surface area contributed by atoms with Crippen LogP contribution < -0.4 is 0 Å². The maximum Gasteiger partial charge on any atom is 0.222 e. The van der Waals surface area contributed by atoms with Gasteiger partial charge in [-0.1, -0.05) is 18.2 Å². The lowest BCUT2D eigenvalue weighted by atomic mass is 10.1. The van der Waals surface area contributed by atoms with Gasteiger partial charge in [-0.15, -0.1) is 0 Å². The molecule has 0 aliphatic carbocycles. The molecule has 0 bridgehead atoms. The van der Waals surface area contributed by atoms with Gasteiger partial charge in [-0.3, -0.25) is 4.79 Å². The molecule has 1 aliphatic heterocycles. The van der Waals surface area contributed by atoms with E-state index in [1.807, 2.05) is 0 Å². The van der Waals surface area contributed by atoms with Gasteiger partial charge in [0.2, 0.25) is 5.91 Å². The van der Waals surface area contributed by atoms with Crippen LogP contribution in [-0.2, 0) is 11.3 Å². The maximum absolute atomic E-state index is 13.3. The van der Waals surface area contributed by atoms with Crippen LogP contribution in [0.25, 0.3) is 0 Å². The molecule has 1 aromatic carbocycles. The average molecular weight is 207 g/mol. The molecule has 1 fully saturated rings. The first-order valence-corrected chi connectivity index (χ1v) is 5.28. The van der Waals surface area contributed by atoms with E-state index < -0.39 is 0 Å². The highest BCUT2D eigenvalue weighted by atomic mass is 19.1. The van der Waals surface area contributed by atoms with Crippen molar-refractivity contribution in [3.8, 4) is 0 Å². The molecule has 0 N–H and O–H groups in total. The Bertz CT molecular complexity index is 364. The zero-order valence-corrected chi connectivity index (χ0v) is 8.58. The van der Waals surface area contributed by atoms with Crippen LogP contribution in [0.2, 0.25) is 0 Å². The van der Waals surface area contributed by atoms with E-state index in [1.165, 1.54) is 6.07 Å². The number of carbonyl (C=O) groups is 1. The predicted molar refractivity (Wildman–Crippen MR) is 55.7 cm³/mol. The van der Waals surface area contributed by atoms with Crippen LogP contribution in [0.3, 0.4) is 0 Å². The summed E-state index contributed by atoms with van der Waals surface area (Å²) in [4.78, 5) is 13.3. The van der Waals surface area contributed by atoms with Crippen molar-refractivity contribution < 1.29 is 9.18 Å². The van der Waals surface area contributed by atoms with Gasteiger partial charge in [0, 0.05) is 25.1 Å². The lowest BCUT2D eigenvalue weighted by Gasteiger charge is -2.26. The van der Waals surface area contributed by atoms with E-state index in [0.717, 1.165) is 19.4 Å². The van der Waals surface area contributed by atoms with E-state index in [0.29, 0.717) is 18.5 Å². The van der Waals surface area contributed by atoms with Gasteiger partial charge < -0.3 is 4.90 Å². The maximum atomic E-state index is 13.3. The van der Waals surface area contributed by atoms with Crippen LogP contribution >= 0.6 is 0 Å². The highest BCUT2D eigenvalue weighted by molar-refractivity contribution is 5.76. The first kappa shape index (κ1) is 10.1. The van der Waals surface area contributed by atoms with Crippen molar-refractivity contribution in [2.75, 3.05) is 6.54 Å². The molecule has 1 saturated heterocycles. The van der Waals surface area contributed by atoms with Crippen LogP contribution in [-0.4, -0.2) is 17.4 Å². The Morgan fingerprint density at radius 1 is 1.27 bits per heavy atom. The summed E-state index contributed by atoms with van der Waals surface area (Å²) in [5.74, 6) is -0.0830. The van der Waals surface area contributed by atoms with E-state index in [-0.39, 0.29) is 11.7 Å². The summed E-state index contributed by atoms with van der Waals surface area (Å²) in [7, 11) is 0. The molecule has 0 spiro atoms. The summed E-state index contributed by atoms with van der Waals surface area (Å²) in [5.41, 5.74) is 0.604. The second-order valence-corrected chi connectivity index (χ2v) is 3.86. The standard InChI is InChI=1S/C12H14FNO/c13-11-6-2-1-5-10(11)9-14-8-4-3-7-12(14)15/h1-2,5-6H,3-4,7-9H2. The molecule has 0 saturated carbocycles. The number of carbonyl (C=O) groups excluding carboxylic acids is 1. The Morgan fingerprint density at radius 3 is 2.80 bits per heavy atom. The van der Waals surface area contributed by atoms with Crippen LogP contribution in [0, 0.1) is 5.82 Å². The van der Waals surface area contributed by atoms with Gasteiger partial charge in [0.1, 0.15) is 5.82 Å². The summed E-state index contributed by atoms with van der Waals surface area (Å²) in [5, 5.41) is 0. The average Bonchev–Trinajstić information content (AvgIpc) is 2.24. The molecule has 15 heavy (non-hydrogen) atoms. The lowest BCUT2D eigenvalue weighted by Crippen LogP contribution is -2.34. The Morgan fingerprint density at radius 2 is 2.07 bits per heavy atom. The van der Waals surface area contributed by atoms with Gasteiger partial charge in [-0.25, -0.2) is 4.39 Å². The summed E-state index contributed by atoms with van der Waals surface area (Å²) in [6.45, 7) is 1.17. The number of nitrogens with zero attached hydrogens (tertiary/aromatic N) is 1. The monoisotopic (exact) mass is 207 g/mol. The van der Waals surface area contributed by atoms with E-state index in [9.17, 15) is 9.18 Å². The van der Waals surface area contributed by atoms with E-state index in [1.54, 1.807) is 23.1 Å². The number of benzene rings is 1. The molecule has 2 rings (SSSR count). The number of halogens is 1. The first-order chi connectivity index (χ1) is 7.27. The minimum atomic E-state index is -0.226. The summed E-state index contributed by atoms with van der Waals surface area (Å²) >= 11 is 0. The quantitative estimate of drug-likeness (QED) is 0.729. The smallest absolute Gasteiger partial charge is 0.222 e. The van der Waals surface area contributed by atoms with E-state index >= 15 is 0 Å². The van der Waals surface area contributed by atoms with Crippen molar-refractivity contribution >= 4 is 5.91 Å². The number of hydrogen-bond donors (Lipinski definition) is 0. The largest absolute Gasteiger partial charge is 0.338 e. The number of piperidine rings is 1. The lowest BCUT2D eigenvalue weighted by molar-refractivity contribution is -0.133. The number of rotatable bonds is 2. The Kier molecular flexibility index (Phi) is 2.99. The van der Waals surface area contributed by atoms with Gasteiger partial charge >= 0.3 is 0 Å². The van der Waals surface area contributed by atoms with Crippen molar-refractivity contribution in [3.05, 3.63) is 35.6 Å². The minimum Gasteiger partial charge on any atom is -0.338 e. The molecule has 3 heteroatoms. The summed E-state index contributed by atoms with van der Waals surface area (Å²) < 4.78 is 13.3. The first-order valence-electron chi connectivity index (χ1n) is 5.28. The highest BCUT2D eigenvalue weighted by Crippen LogP contribution is 2.15. The Hall–Kier alpha value is -1.38. The molecule has 0 aromatic heterocycles. The molecule has 1 heterocycles. The highest BCUT2D eigenvalue weighted by Gasteiger charge is 2.18. The van der Waals surface area contributed by atoms with Crippen molar-refractivity contribution in [1.29, 1.82) is 0 Å². The fraction of sp³-hybridized carbons (Fsp3) is 0.417. The number of hydrogen-bond acceptors (Lipinski definition) is 1. The van der Waals surface area contributed by atoms with Crippen molar-refractivity contribution in [2.24, 2.45) is 0 Å². The van der Waals surface area contributed by atoms with E-state index in [4.69, 9.17) is 0 Å². The molecule has 1 aliphatic rings. The summed E-state index contributed by atoms with van der Waals surface area (Å²) in [6.07, 6.45) is 2.60. The molecular formula is C12H14FNO. The second-order valence-electron chi connectivity index (χ2n) is 3.86. The molecular weight excluding hydrogens is 193 g/mol. The predicted octanol–water partition coefficient (Wildman–Crippen LogP) is 2.34. The SMILES string of the molecule is O=C1CCCCN1Cc1ccccc1F. The summed E-state index contributed by atoms with van der Waals surface area (Å²) in [6, 6.07) is 6.63. The molecule has 0 unspecified atom stereocenters. The molecule has 0 radical (unpaired) electrons. The third-order valence-corrected chi connectivity index (χ3v) is 2.74. The van der Waals surface area contributed by atoms with Crippen molar-refractivity contribution in [2.45, 2.75) is 25.8 Å². The normalized spacial score (nSPS) is 16.9. The van der Waals surface area contributed by atoms with Gasteiger partial charge in [0.05, 0.1) is 0 Å². The second kappa shape index (κ2) is 4.43. The van der Waals surface area contributed by atoms with Gasteiger partial charge in [0.15, 0.2) is 0 Å². The number of amides is 1. The molecule has 1 aromatic rings. The zero-order valence-electron chi connectivity index (χ0n) is 8.58. The molecule has 1 amide bonds. The Balaban J connectivity index is 2.08. The van der Waals surface area contributed by atoms with Crippen LogP contribution in [0.1, 0.15) is 24.8 Å². The van der Waals surface area contributed by atoms with Crippen molar-refractivity contribution in [1.82, 2.24) is 4.90 Å². The van der Waals surface area contributed by atoms with Gasteiger partial charge in [0.25, 0.3) is 0 Å². The van der Waals surface area contributed by atoms with Crippen LogP contribution in [0.15, 0.2) is 24.3 Å². The fourth-order valence-corrected chi connectivity index (χ4v) is 1.86. The zero-order chi connectivity index (χ0) is 10.7. The third kappa shape index (κ3) is 2.35. The Labute approximate surface area is 88.7 Å². The fourth-order valence-electron chi connectivity index (χ4n) is 1.86. The van der Waals surface area contributed by atoms with Gasteiger partial charge in [-0.05, 0) is 18.9 Å². The topological polar surface area (TPSA) is 20.3 Å². The van der Waals surface area contributed by atoms with Gasteiger partial charge in [-0.2, -0.15) is 0 Å². The molecule has 80 valence electrons. The molecule has 2 nitrogen and oxygen atoms in total. The van der Waals surface area contributed by atoms with E-state index in [2.05, 4.69) is 0 Å². The van der Waals surface area contributed by atoms with Crippen molar-refractivity contribution in [3.63, 3.8) is 0 Å².